The lowest BCUT2D eigenvalue weighted by Gasteiger charge is -2.02. The quantitative estimate of drug-likeness (QED) is 0.662. The van der Waals surface area contributed by atoms with E-state index in [4.69, 9.17) is 0 Å². The second kappa shape index (κ2) is 5.96. The van der Waals surface area contributed by atoms with Crippen LogP contribution in [0.4, 0.5) is 0 Å². The fourth-order valence-electron chi connectivity index (χ4n) is 1.71. The molecule has 3 heteroatoms. The number of carbonyl (C=O) groups is 1. The van der Waals surface area contributed by atoms with Crippen LogP contribution in [0.3, 0.4) is 0 Å². The van der Waals surface area contributed by atoms with Crippen molar-refractivity contribution in [2.75, 3.05) is 0 Å². The van der Waals surface area contributed by atoms with Gasteiger partial charge >= 0.3 is 0 Å². The van der Waals surface area contributed by atoms with Crippen LogP contribution in [0.1, 0.15) is 27.0 Å². The van der Waals surface area contributed by atoms with Crippen LogP contribution in [0.25, 0.3) is 0 Å². The predicted molar refractivity (Wildman–Crippen MR) is 77.4 cm³/mol. The fraction of sp³-hybridized carbons (Fsp3) is 0.125. The van der Waals surface area contributed by atoms with Crippen LogP contribution < -0.4 is 5.43 Å². The first kappa shape index (κ1) is 13.0. The molecule has 0 spiro atoms. The van der Waals surface area contributed by atoms with Gasteiger partial charge in [0, 0.05) is 5.56 Å². The zero-order valence-corrected chi connectivity index (χ0v) is 11.1. The maximum absolute atomic E-state index is 11.9. The van der Waals surface area contributed by atoms with Crippen molar-refractivity contribution >= 4 is 12.1 Å². The van der Waals surface area contributed by atoms with Gasteiger partial charge in [-0.3, -0.25) is 4.79 Å². The highest BCUT2D eigenvalue weighted by Crippen LogP contribution is 2.06. The molecule has 96 valence electrons. The van der Waals surface area contributed by atoms with Gasteiger partial charge in [-0.1, -0.05) is 48.0 Å². The van der Waals surface area contributed by atoms with Crippen molar-refractivity contribution in [1.82, 2.24) is 5.43 Å². The smallest absolute Gasteiger partial charge is 0.267 e. The van der Waals surface area contributed by atoms with Gasteiger partial charge in [0.05, 0.1) is 6.21 Å². The molecule has 0 saturated heterocycles. The highest BCUT2D eigenvalue weighted by atomic mass is 16.2. The lowest BCUT2D eigenvalue weighted by molar-refractivity contribution is 0.0954. The number of hydrogen-bond donors (Lipinski definition) is 1. The minimum Gasteiger partial charge on any atom is -0.267 e. The van der Waals surface area contributed by atoms with Crippen LogP contribution in [0.2, 0.25) is 0 Å². The third-order valence-corrected chi connectivity index (χ3v) is 2.85. The van der Waals surface area contributed by atoms with Crippen LogP contribution >= 0.6 is 0 Å². The number of aryl methyl sites for hydroxylation is 2. The van der Waals surface area contributed by atoms with Crippen LogP contribution in [-0.4, -0.2) is 12.1 Å². The normalized spacial score (nSPS) is 10.6. The average molecular weight is 252 g/mol. The molecule has 0 atom stereocenters. The summed E-state index contributed by atoms with van der Waals surface area (Å²) in [6.45, 7) is 3.93. The summed E-state index contributed by atoms with van der Waals surface area (Å²) in [5.74, 6) is -0.193. The van der Waals surface area contributed by atoms with Gasteiger partial charge in [-0.25, -0.2) is 5.43 Å². The summed E-state index contributed by atoms with van der Waals surface area (Å²) >= 11 is 0. The Hall–Kier alpha value is -2.42. The third-order valence-electron chi connectivity index (χ3n) is 2.85. The maximum Gasteiger partial charge on any atom is 0.271 e. The largest absolute Gasteiger partial charge is 0.271 e. The Morgan fingerprint density at radius 1 is 1.05 bits per heavy atom. The molecular weight excluding hydrogens is 236 g/mol. The van der Waals surface area contributed by atoms with E-state index in [0.717, 1.165) is 11.1 Å². The number of hydrazone groups is 1. The standard InChI is InChI=1S/C16H16N2O/c1-12-7-9-14(10-8-12)11-17-18-16(19)15-6-4-3-5-13(15)2/h3-11H,1-2H3,(H,18,19). The molecule has 0 aliphatic rings. The number of nitrogens with zero attached hydrogens (tertiary/aromatic N) is 1. The molecule has 0 saturated carbocycles. The van der Waals surface area contributed by atoms with Crippen molar-refractivity contribution in [3.63, 3.8) is 0 Å². The van der Waals surface area contributed by atoms with Gasteiger partial charge < -0.3 is 0 Å². The molecule has 2 aromatic carbocycles. The van der Waals surface area contributed by atoms with Gasteiger partial charge in [0.2, 0.25) is 0 Å². The molecule has 0 aromatic heterocycles. The molecule has 1 N–H and O–H groups in total. The maximum atomic E-state index is 11.9. The summed E-state index contributed by atoms with van der Waals surface area (Å²) in [6, 6.07) is 15.4. The molecule has 0 aliphatic carbocycles. The van der Waals surface area contributed by atoms with Gasteiger partial charge in [-0.2, -0.15) is 5.10 Å². The molecule has 0 radical (unpaired) electrons. The van der Waals surface area contributed by atoms with E-state index in [0.29, 0.717) is 5.56 Å². The Morgan fingerprint density at radius 2 is 1.74 bits per heavy atom. The van der Waals surface area contributed by atoms with Gasteiger partial charge in [0.1, 0.15) is 0 Å². The highest BCUT2D eigenvalue weighted by molar-refractivity contribution is 5.96. The Kier molecular flexibility index (Phi) is 4.08. The Labute approximate surface area is 113 Å². The molecule has 19 heavy (non-hydrogen) atoms. The van der Waals surface area contributed by atoms with E-state index in [1.54, 1.807) is 12.3 Å². The number of rotatable bonds is 3. The van der Waals surface area contributed by atoms with Gasteiger partial charge in [-0.15, -0.1) is 0 Å². The summed E-state index contributed by atoms with van der Waals surface area (Å²) in [5.41, 5.74) is 6.26. The summed E-state index contributed by atoms with van der Waals surface area (Å²) in [4.78, 5) is 11.9. The molecule has 2 rings (SSSR count). The summed E-state index contributed by atoms with van der Waals surface area (Å²) < 4.78 is 0. The minimum absolute atomic E-state index is 0.193. The lowest BCUT2D eigenvalue weighted by Crippen LogP contribution is -2.18. The van der Waals surface area contributed by atoms with Crippen molar-refractivity contribution < 1.29 is 4.79 Å². The second-order valence-electron chi connectivity index (χ2n) is 4.42. The Balaban J connectivity index is 2.01. The van der Waals surface area contributed by atoms with E-state index in [2.05, 4.69) is 10.5 Å². The fourth-order valence-corrected chi connectivity index (χ4v) is 1.71. The van der Waals surface area contributed by atoms with Crippen molar-refractivity contribution in [3.8, 4) is 0 Å². The van der Waals surface area contributed by atoms with Gasteiger partial charge in [0.25, 0.3) is 5.91 Å². The first-order valence-electron chi connectivity index (χ1n) is 6.12. The molecule has 0 bridgehead atoms. The van der Waals surface area contributed by atoms with Crippen molar-refractivity contribution in [2.45, 2.75) is 13.8 Å². The second-order valence-corrected chi connectivity index (χ2v) is 4.42. The molecule has 0 aliphatic heterocycles. The van der Waals surface area contributed by atoms with Crippen LogP contribution in [0.15, 0.2) is 53.6 Å². The number of carbonyl (C=O) groups excluding carboxylic acids is 1. The monoisotopic (exact) mass is 252 g/mol. The van der Waals surface area contributed by atoms with Crippen LogP contribution in [0, 0.1) is 13.8 Å². The van der Waals surface area contributed by atoms with E-state index < -0.39 is 0 Å². The summed E-state index contributed by atoms with van der Waals surface area (Å²) in [6.07, 6.45) is 1.63. The molecule has 0 heterocycles. The molecule has 1 amide bonds. The predicted octanol–water partition coefficient (Wildman–Crippen LogP) is 3.07. The summed E-state index contributed by atoms with van der Waals surface area (Å²) in [7, 11) is 0. The first-order chi connectivity index (χ1) is 9.16. The van der Waals surface area contributed by atoms with E-state index >= 15 is 0 Å². The summed E-state index contributed by atoms with van der Waals surface area (Å²) in [5, 5.41) is 3.96. The molecular formula is C16H16N2O. The van der Waals surface area contributed by atoms with E-state index in [-0.39, 0.29) is 5.91 Å². The Bertz CT molecular complexity index is 600. The number of amides is 1. The van der Waals surface area contributed by atoms with E-state index in [9.17, 15) is 4.79 Å². The zero-order chi connectivity index (χ0) is 13.7. The molecule has 2 aromatic rings. The van der Waals surface area contributed by atoms with E-state index in [1.165, 1.54) is 5.56 Å². The number of hydrogen-bond acceptors (Lipinski definition) is 2. The molecule has 3 nitrogen and oxygen atoms in total. The SMILES string of the molecule is Cc1ccc(C=NNC(=O)c2ccccc2C)cc1. The van der Waals surface area contributed by atoms with Gasteiger partial charge in [0.15, 0.2) is 0 Å². The lowest BCUT2D eigenvalue weighted by atomic mass is 10.1. The van der Waals surface area contributed by atoms with Crippen LogP contribution in [0.5, 0.6) is 0 Å². The zero-order valence-electron chi connectivity index (χ0n) is 11.1. The number of benzene rings is 2. The molecule has 0 unspecified atom stereocenters. The van der Waals surface area contributed by atoms with Crippen molar-refractivity contribution in [3.05, 3.63) is 70.8 Å². The minimum atomic E-state index is -0.193. The molecule has 0 fully saturated rings. The third kappa shape index (κ3) is 3.52. The van der Waals surface area contributed by atoms with Crippen molar-refractivity contribution in [2.24, 2.45) is 5.10 Å². The topological polar surface area (TPSA) is 41.5 Å². The number of nitrogens with one attached hydrogen (secondary N) is 1. The van der Waals surface area contributed by atoms with Crippen molar-refractivity contribution in [1.29, 1.82) is 0 Å². The first-order valence-corrected chi connectivity index (χ1v) is 6.12. The van der Waals surface area contributed by atoms with Crippen LogP contribution in [-0.2, 0) is 0 Å². The van der Waals surface area contributed by atoms with E-state index in [1.807, 2.05) is 56.3 Å². The van der Waals surface area contributed by atoms with Gasteiger partial charge in [-0.05, 0) is 31.0 Å². The highest BCUT2D eigenvalue weighted by Gasteiger charge is 2.05. The average Bonchev–Trinajstić information content (AvgIpc) is 2.41. The Morgan fingerprint density at radius 3 is 2.42 bits per heavy atom.